The van der Waals surface area contributed by atoms with Crippen LogP contribution in [0.2, 0.25) is 0 Å². The number of aliphatic hydroxyl groups excluding tert-OH is 1. The van der Waals surface area contributed by atoms with Crippen molar-refractivity contribution in [2.75, 3.05) is 25.5 Å². The van der Waals surface area contributed by atoms with Gasteiger partial charge in [-0.05, 0) is 53.9 Å². The highest BCUT2D eigenvalue weighted by atomic mass is 16.5. The first-order valence-electron chi connectivity index (χ1n) is 12.5. The fourth-order valence-corrected chi connectivity index (χ4v) is 4.08. The minimum Gasteiger partial charge on any atom is -0.465 e. The van der Waals surface area contributed by atoms with Gasteiger partial charge in [0.05, 0.1) is 25.2 Å². The largest absolute Gasteiger partial charge is 0.465 e. The molecule has 38 heavy (non-hydrogen) atoms. The molecular weight excluding hydrogens is 480 g/mol. The van der Waals surface area contributed by atoms with E-state index in [9.17, 15) is 14.7 Å². The summed E-state index contributed by atoms with van der Waals surface area (Å²) in [6.07, 6.45) is 3.93. The number of anilines is 1. The minimum atomic E-state index is -0.531. The maximum atomic E-state index is 12.7. The lowest BCUT2D eigenvalue weighted by molar-refractivity contribution is -0.115. The second kappa shape index (κ2) is 13.3. The third-order valence-corrected chi connectivity index (χ3v) is 6.20. The zero-order chi connectivity index (χ0) is 26.7. The Bertz CT molecular complexity index is 1320. The van der Waals surface area contributed by atoms with E-state index in [0.717, 1.165) is 35.3 Å². The Labute approximate surface area is 222 Å². The van der Waals surface area contributed by atoms with Crippen LogP contribution in [0.15, 0.2) is 91.3 Å². The van der Waals surface area contributed by atoms with Crippen molar-refractivity contribution in [3.8, 4) is 0 Å². The predicted molar refractivity (Wildman–Crippen MR) is 146 cm³/mol. The van der Waals surface area contributed by atoms with Gasteiger partial charge in [0, 0.05) is 31.2 Å². The van der Waals surface area contributed by atoms with Gasteiger partial charge < -0.3 is 25.0 Å². The van der Waals surface area contributed by atoms with E-state index in [1.807, 2.05) is 77.5 Å². The van der Waals surface area contributed by atoms with Crippen LogP contribution in [0.3, 0.4) is 0 Å². The van der Waals surface area contributed by atoms with Gasteiger partial charge in [-0.3, -0.25) is 4.79 Å². The first-order valence-corrected chi connectivity index (χ1v) is 12.5. The summed E-state index contributed by atoms with van der Waals surface area (Å²) in [7, 11) is 1.35. The lowest BCUT2D eigenvalue weighted by atomic mass is 10.1. The van der Waals surface area contributed by atoms with Crippen LogP contribution in [0, 0.1) is 0 Å². The van der Waals surface area contributed by atoms with E-state index in [2.05, 4.69) is 15.6 Å². The first-order chi connectivity index (χ1) is 18.5. The van der Waals surface area contributed by atoms with Crippen molar-refractivity contribution in [3.63, 3.8) is 0 Å². The molecule has 4 aromatic rings. The summed E-state index contributed by atoms with van der Waals surface area (Å²) < 4.78 is 6.65. The van der Waals surface area contributed by atoms with Gasteiger partial charge in [-0.2, -0.15) is 0 Å². The number of nitrogens with one attached hydrogen (secondary N) is 2. The number of hydrogen-bond donors (Lipinski definition) is 3. The number of carbonyl (C=O) groups is 2. The lowest BCUT2D eigenvalue weighted by Crippen LogP contribution is -2.23. The van der Waals surface area contributed by atoms with Crippen LogP contribution in [-0.4, -0.2) is 46.7 Å². The highest BCUT2D eigenvalue weighted by Crippen LogP contribution is 2.13. The Morgan fingerprint density at radius 1 is 0.974 bits per heavy atom. The lowest BCUT2D eigenvalue weighted by Gasteiger charge is -2.12. The van der Waals surface area contributed by atoms with Crippen LogP contribution in [-0.2, 0) is 28.9 Å². The van der Waals surface area contributed by atoms with Crippen LogP contribution < -0.4 is 10.6 Å². The molecule has 1 aromatic heterocycles. The van der Waals surface area contributed by atoms with Crippen LogP contribution >= 0.6 is 0 Å². The maximum Gasteiger partial charge on any atom is 0.337 e. The molecule has 1 heterocycles. The van der Waals surface area contributed by atoms with Gasteiger partial charge in [0.25, 0.3) is 0 Å². The fraction of sp³-hybridized carbons (Fsp3) is 0.233. The molecule has 4 rings (SSSR count). The molecule has 1 unspecified atom stereocenters. The Hall–Kier alpha value is -4.27. The summed E-state index contributed by atoms with van der Waals surface area (Å²) in [4.78, 5) is 28.6. The van der Waals surface area contributed by atoms with Crippen molar-refractivity contribution >= 4 is 17.6 Å². The van der Waals surface area contributed by atoms with E-state index in [1.165, 1.54) is 7.11 Å². The number of methoxy groups -OCH3 is 1. The van der Waals surface area contributed by atoms with Crippen molar-refractivity contribution in [1.29, 1.82) is 0 Å². The molecule has 0 bridgehead atoms. The first kappa shape index (κ1) is 26.8. The Balaban J connectivity index is 1.22. The van der Waals surface area contributed by atoms with E-state index in [0.29, 0.717) is 24.5 Å². The van der Waals surface area contributed by atoms with E-state index >= 15 is 0 Å². The maximum absolute atomic E-state index is 12.7. The van der Waals surface area contributed by atoms with Crippen LogP contribution in [0.1, 0.15) is 39.0 Å². The van der Waals surface area contributed by atoms with Crippen molar-refractivity contribution < 1.29 is 19.4 Å². The van der Waals surface area contributed by atoms with Gasteiger partial charge >= 0.3 is 5.97 Å². The van der Waals surface area contributed by atoms with Gasteiger partial charge in [-0.25, -0.2) is 9.78 Å². The summed E-state index contributed by atoms with van der Waals surface area (Å²) >= 11 is 0. The number of carbonyl (C=O) groups excluding carboxylic acids is 2. The zero-order valence-electron chi connectivity index (χ0n) is 21.3. The molecule has 196 valence electrons. The Morgan fingerprint density at radius 3 is 2.39 bits per heavy atom. The van der Waals surface area contributed by atoms with E-state index < -0.39 is 6.10 Å². The van der Waals surface area contributed by atoms with Crippen molar-refractivity contribution in [3.05, 3.63) is 119 Å². The van der Waals surface area contributed by atoms with Crippen LogP contribution in [0.25, 0.3) is 0 Å². The molecule has 0 spiro atoms. The standard InChI is InChI=1S/C30H32N4O4/c1-38-30(37)25-11-7-23(8-12-25)21-34-18-17-32-28(34)19-29(36)33-26-13-9-22(10-14-26)15-16-31-20-27(35)24-5-3-2-4-6-24/h2-14,17-18,27,31,35H,15-16,19-21H2,1H3,(H,33,36). The topological polar surface area (TPSA) is 105 Å². The Morgan fingerprint density at radius 2 is 1.68 bits per heavy atom. The van der Waals surface area contributed by atoms with Crippen molar-refractivity contribution in [2.24, 2.45) is 0 Å². The molecule has 0 saturated heterocycles. The number of esters is 1. The summed E-state index contributed by atoms with van der Waals surface area (Å²) in [6.45, 7) is 1.77. The molecule has 1 amide bonds. The average molecular weight is 513 g/mol. The number of imidazole rings is 1. The van der Waals surface area contributed by atoms with Crippen LogP contribution in [0.5, 0.6) is 0 Å². The molecule has 0 aliphatic rings. The monoisotopic (exact) mass is 512 g/mol. The fourth-order valence-electron chi connectivity index (χ4n) is 4.08. The summed E-state index contributed by atoms with van der Waals surface area (Å²) in [5.74, 6) is 0.127. The van der Waals surface area contributed by atoms with Gasteiger partial charge in [-0.1, -0.05) is 54.6 Å². The number of aromatic nitrogens is 2. The smallest absolute Gasteiger partial charge is 0.337 e. The second-order valence-corrected chi connectivity index (χ2v) is 8.96. The van der Waals surface area contributed by atoms with E-state index in [-0.39, 0.29) is 18.3 Å². The summed E-state index contributed by atoms with van der Waals surface area (Å²) in [5, 5.41) is 16.5. The van der Waals surface area contributed by atoms with Crippen LogP contribution in [0.4, 0.5) is 5.69 Å². The van der Waals surface area contributed by atoms with E-state index in [4.69, 9.17) is 4.74 Å². The minimum absolute atomic E-state index is 0.142. The SMILES string of the molecule is COC(=O)c1ccc(Cn2ccnc2CC(=O)Nc2ccc(CCNCC(O)c3ccccc3)cc2)cc1. The molecule has 8 heteroatoms. The number of rotatable bonds is 12. The molecule has 3 aromatic carbocycles. The van der Waals surface area contributed by atoms with Gasteiger partial charge in [0.1, 0.15) is 5.82 Å². The van der Waals surface area contributed by atoms with Gasteiger partial charge in [0.15, 0.2) is 0 Å². The molecule has 0 radical (unpaired) electrons. The molecule has 3 N–H and O–H groups in total. The number of benzene rings is 3. The molecule has 1 atom stereocenters. The second-order valence-electron chi connectivity index (χ2n) is 8.96. The van der Waals surface area contributed by atoms with Crippen molar-refractivity contribution in [2.45, 2.75) is 25.5 Å². The Kier molecular flexibility index (Phi) is 9.39. The van der Waals surface area contributed by atoms with Gasteiger partial charge in [-0.15, -0.1) is 0 Å². The molecule has 8 nitrogen and oxygen atoms in total. The number of amides is 1. The predicted octanol–water partition coefficient (Wildman–Crippen LogP) is 3.76. The number of ether oxygens (including phenoxy) is 1. The highest BCUT2D eigenvalue weighted by Gasteiger charge is 2.11. The third-order valence-electron chi connectivity index (χ3n) is 6.20. The quantitative estimate of drug-likeness (QED) is 0.197. The molecule has 0 saturated carbocycles. The molecule has 0 aliphatic carbocycles. The highest BCUT2D eigenvalue weighted by molar-refractivity contribution is 5.92. The third kappa shape index (κ3) is 7.61. The normalized spacial score (nSPS) is 11.6. The van der Waals surface area contributed by atoms with E-state index in [1.54, 1.807) is 18.3 Å². The number of aliphatic hydroxyl groups is 1. The van der Waals surface area contributed by atoms with Crippen molar-refractivity contribution in [1.82, 2.24) is 14.9 Å². The molecule has 0 fully saturated rings. The average Bonchev–Trinajstić information content (AvgIpc) is 3.38. The molecular formula is C30H32N4O4. The molecule has 0 aliphatic heterocycles. The number of hydrogen-bond acceptors (Lipinski definition) is 6. The van der Waals surface area contributed by atoms with Gasteiger partial charge in [0.2, 0.25) is 5.91 Å². The summed E-state index contributed by atoms with van der Waals surface area (Å²) in [6, 6.07) is 24.5. The summed E-state index contributed by atoms with van der Waals surface area (Å²) in [5.41, 5.74) is 4.24. The number of nitrogens with zero attached hydrogens (tertiary/aromatic N) is 2. The zero-order valence-corrected chi connectivity index (χ0v) is 21.3.